The van der Waals surface area contributed by atoms with Crippen molar-refractivity contribution in [1.82, 2.24) is 5.32 Å². The quantitative estimate of drug-likeness (QED) is 0.321. The number of nitrogens with one attached hydrogen (secondary N) is 3. The molecule has 0 aliphatic heterocycles. The second kappa shape index (κ2) is 9.80. The van der Waals surface area contributed by atoms with Gasteiger partial charge in [-0.3, -0.25) is 10.2 Å². The number of hydrogen-bond acceptors (Lipinski definition) is 4. The summed E-state index contributed by atoms with van der Waals surface area (Å²) in [5, 5.41) is 14.7. The molecule has 0 aliphatic carbocycles. The van der Waals surface area contributed by atoms with Crippen LogP contribution < -0.4 is 16.4 Å². The molecule has 0 aliphatic rings. The van der Waals surface area contributed by atoms with Gasteiger partial charge in [0.25, 0.3) is 5.91 Å². The molecule has 140 valence electrons. The third-order valence-electron chi connectivity index (χ3n) is 3.75. The van der Waals surface area contributed by atoms with Crippen LogP contribution in [0.25, 0.3) is 0 Å². The van der Waals surface area contributed by atoms with Gasteiger partial charge in [0.05, 0.1) is 10.0 Å². The highest BCUT2D eigenvalue weighted by molar-refractivity contribution is 6.42. The van der Waals surface area contributed by atoms with Crippen LogP contribution in [0.15, 0.2) is 72.5 Å². The van der Waals surface area contributed by atoms with Gasteiger partial charge < -0.3 is 16.4 Å². The molecule has 2 rings (SSSR count). The van der Waals surface area contributed by atoms with Crippen LogP contribution in [0.5, 0.6) is 0 Å². The number of benzene rings is 2. The Morgan fingerprint density at radius 2 is 1.85 bits per heavy atom. The lowest BCUT2D eigenvalue weighted by molar-refractivity contribution is -0.120. The maximum absolute atomic E-state index is 12.9. The molecule has 7 heteroatoms. The summed E-state index contributed by atoms with van der Waals surface area (Å²) in [6.07, 6.45) is 4.56. The minimum atomic E-state index is -0.733. The molecule has 2 aromatic rings. The molecule has 0 saturated carbocycles. The number of amidine groups is 1. The van der Waals surface area contributed by atoms with E-state index in [0.29, 0.717) is 21.3 Å². The van der Waals surface area contributed by atoms with E-state index in [-0.39, 0.29) is 11.7 Å². The van der Waals surface area contributed by atoms with Crippen molar-refractivity contribution in [2.45, 2.75) is 13.0 Å². The maximum Gasteiger partial charge on any atom is 0.252 e. The number of carbonyl (C=O) groups excluding carboxylic acids is 1. The van der Waals surface area contributed by atoms with Crippen LogP contribution in [0.1, 0.15) is 18.5 Å². The highest BCUT2D eigenvalue weighted by atomic mass is 35.5. The molecule has 5 nitrogen and oxygen atoms in total. The van der Waals surface area contributed by atoms with Crippen molar-refractivity contribution < 1.29 is 4.79 Å². The fraction of sp³-hybridized carbons (Fsp3) is 0.100. The Kier molecular flexibility index (Phi) is 7.46. The summed E-state index contributed by atoms with van der Waals surface area (Å²) in [6, 6.07) is 13.5. The summed E-state index contributed by atoms with van der Waals surface area (Å²) in [5.74, 6) is -0.428. The molecule has 0 radical (unpaired) electrons. The Morgan fingerprint density at radius 1 is 1.15 bits per heavy atom. The number of allylic oxidation sites excluding steroid dienone is 1. The van der Waals surface area contributed by atoms with E-state index in [1.165, 1.54) is 6.20 Å². The van der Waals surface area contributed by atoms with Crippen molar-refractivity contribution in [1.29, 1.82) is 5.41 Å². The van der Waals surface area contributed by atoms with Gasteiger partial charge in [0.1, 0.15) is 11.9 Å². The molecule has 0 saturated heterocycles. The molecule has 1 atom stereocenters. The van der Waals surface area contributed by atoms with E-state index in [1.54, 1.807) is 37.3 Å². The lowest BCUT2D eigenvalue weighted by Gasteiger charge is -2.20. The van der Waals surface area contributed by atoms with Crippen LogP contribution in [0.2, 0.25) is 10.0 Å². The van der Waals surface area contributed by atoms with Crippen LogP contribution in [-0.4, -0.2) is 11.7 Å². The SMILES string of the molecule is C/C=C(\C=C/N)C(=N)NC(=O)C(Nc1ccc(Cl)c(Cl)c1)c1ccccc1. The fourth-order valence-electron chi connectivity index (χ4n) is 2.39. The van der Waals surface area contributed by atoms with Gasteiger partial charge in [-0.1, -0.05) is 59.6 Å². The minimum absolute atomic E-state index is 0.0407. The lowest BCUT2D eigenvalue weighted by atomic mass is 10.1. The van der Waals surface area contributed by atoms with Crippen molar-refractivity contribution in [3.63, 3.8) is 0 Å². The van der Waals surface area contributed by atoms with Crippen LogP contribution in [-0.2, 0) is 4.79 Å². The monoisotopic (exact) mass is 402 g/mol. The summed E-state index contributed by atoms with van der Waals surface area (Å²) < 4.78 is 0. The lowest BCUT2D eigenvalue weighted by Crippen LogP contribution is -2.37. The first-order valence-electron chi connectivity index (χ1n) is 8.17. The number of nitrogens with two attached hydrogens (primary N) is 1. The Hall–Kier alpha value is -2.76. The number of hydrogen-bond donors (Lipinski definition) is 4. The zero-order valence-electron chi connectivity index (χ0n) is 14.7. The highest BCUT2D eigenvalue weighted by Gasteiger charge is 2.22. The number of anilines is 1. The average molecular weight is 403 g/mol. The van der Waals surface area contributed by atoms with Crippen LogP contribution in [0.3, 0.4) is 0 Å². The Labute approximate surface area is 168 Å². The van der Waals surface area contributed by atoms with E-state index in [9.17, 15) is 4.79 Å². The predicted molar refractivity (Wildman–Crippen MR) is 112 cm³/mol. The minimum Gasteiger partial charge on any atom is -0.405 e. The smallest absolute Gasteiger partial charge is 0.252 e. The van der Waals surface area contributed by atoms with Crippen molar-refractivity contribution in [2.75, 3.05) is 5.32 Å². The van der Waals surface area contributed by atoms with Gasteiger partial charge in [-0.2, -0.15) is 0 Å². The molecule has 2 aromatic carbocycles. The van der Waals surface area contributed by atoms with Gasteiger partial charge in [-0.25, -0.2) is 0 Å². The topological polar surface area (TPSA) is 91.0 Å². The summed E-state index contributed by atoms with van der Waals surface area (Å²) in [6.45, 7) is 1.76. The van der Waals surface area contributed by atoms with Gasteiger partial charge in [-0.05, 0) is 43.0 Å². The Morgan fingerprint density at radius 3 is 2.44 bits per heavy atom. The number of rotatable bonds is 6. The van der Waals surface area contributed by atoms with Crippen molar-refractivity contribution >= 4 is 40.6 Å². The maximum atomic E-state index is 12.9. The molecule has 5 N–H and O–H groups in total. The third kappa shape index (κ3) is 5.61. The number of halogens is 2. The van der Waals surface area contributed by atoms with Crippen molar-refractivity contribution in [3.05, 3.63) is 88.1 Å². The van der Waals surface area contributed by atoms with E-state index in [2.05, 4.69) is 10.6 Å². The van der Waals surface area contributed by atoms with Gasteiger partial charge >= 0.3 is 0 Å². The van der Waals surface area contributed by atoms with Gasteiger partial charge in [0.2, 0.25) is 0 Å². The van der Waals surface area contributed by atoms with Crippen molar-refractivity contribution in [2.24, 2.45) is 5.73 Å². The zero-order valence-corrected chi connectivity index (χ0v) is 16.2. The second-order valence-electron chi connectivity index (χ2n) is 5.58. The zero-order chi connectivity index (χ0) is 19.8. The largest absolute Gasteiger partial charge is 0.405 e. The van der Waals surface area contributed by atoms with Crippen LogP contribution in [0.4, 0.5) is 5.69 Å². The molecule has 0 heterocycles. The van der Waals surface area contributed by atoms with Crippen molar-refractivity contribution in [3.8, 4) is 0 Å². The molecule has 0 fully saturated rings. The number of amides is 1. The van der Waals surface area contributed by atoms with E-state index in [1.807, 2.05) is 30.3 Å². The summed E-state index contributed by atoms with van der Waals surface area (Å²) in [5.41, 5.74) is 7.27. The number of carbonyl (C=O) groups is 1. The first-order chi connectivity index (χ1) is 13.0. The molecule has 0 aromatic heterocycles. The van der Waals surface area contributed by atoms with E-state index < -0.39 is 6.04 Å². The summed E-state index contributed by atoms with van der Waals surface area (Å²) in [7, 11) is 0. The third-order valence-corrected chi connectivity index (χ3v) is 4.49. The fourth-order valence-corrected chi connectivity index (χ4v) is 2.69. The first-order valence-corrected chi connectivity index (χ1v) is 8.92. The first kappa shape index (κ1) is 20.6. The van der Waals surface area contributed by atoms with E-state index in [4.69, 9.17) is 34.3 Å². The molecule has 1 unspecified atom stereocenters. The predicted octanol–water partition coefficient (Wildman–Crippen LogP) is 4.66. The summed E-state index contributed by atoms with van der Waals surface area (Å²) >= 11 is 12.0. The molecule has 0 bridgehead atoms. The van der Waals surface area contributed by atoms with Crippen LogP contribution >= 0.6 is 23.2 Å². The summed E-state index contributed by atoms with van der Waals surface area (Å²) in [4.78, 5) is 12.9. The van der Waals surface area contributed by atoms with Crippen LogP contribution in [0, 0.1) is 5.41 Å². The molecule has 0 spiro atoms. The van der Waals surface area contributed by atoms with Gasteiger partial charge in [0.15, 0.2) is 0 Å². The Balaban J connectivity index is 2.28. The van der Waals surface area contributed by atoms with Gasteiger partial charge in [0, 0.05) is 11.3 Å². The molecular weight excluding hydrogens is 383 g/mol. The highest BCUT2D eigenvalue weighted by Crippen LogP contribution is 2.27. The average Bonchev–Trinajstić information content (AvgIpc) is 2.67. The Bertz CT molecular complexity index is 879. The molecule has 1 amide bonds. The molecule has 27 heavy (non-hydrogen) atoms. The second-order valence-corrected chi connectivity index (χ2v) is 6.40. The molecular formula is C20H20Cl2N4O. The van der Waals surface area contributed by atoms with E-state index in [0.717, 1.165) is 5.56 Å². The van der Waals surface area contributed by atoms with E-state index >= 15 is 0 Å². The standard InChI is InChI=1S/C20H20Cl2N4O/c1-2-13(10-11-23)19(24)26-20(27)18(14-6-4-3-5-7-14)25-15-8-9-16(21)17(22)12-15/h2-12,18,25H,23H2,1H3,(H2,24,26,27)/b11-10-,13-2+. The normalized spacial score (nSPS) is 12.6. The van der Waals surface area contributed by atoms with Gasteiger partial charge in [-0.15, -0.1) is 0 Å².